The van der Waals surface area contributed by atoms with E-state index < -0.39 is 0 Å². The number of anilines is 3. The van der Waals surface area contributed by atoms with Crippen molar-refractivity contribution in [1.29, 1.82) is 0 Å². The summed E-state index contributed by atoms with van der Waals surface area (Å²) in [5, 5.41) is 0.842. The van der Waals surface area contributed by atoms with Gasteiger partial charge < -0.3 is 5.73 Å². The molecule has 0 spiro atoms. The number of rotatable bonds is 2. The highest BCUT2D eigenvalue weighted by molar-refractivity contribution is 6.10. The minimum atomic E-state index is -0.344. The van der Waals surface area contributed by atoms with Gasteiger partial charge in [0.2, 0.25) is 11.9 Å². The third-order valence-corrected chi connectivity index (χ3v) is 5.09. The highest BCUT2D eigenvalue weighted by Gasteiger charge is 2.28. The molecule has 2 N–H and O–H groups in total. The van der Waals surface area contributed by atoms with Gasteiger partial charge in [-0.1, -0.05) is 6.07 Å². The van der Waals surface area contributed by atoms with E-state index in [1.54, 1.807) is 29.4 Å². The molecule has 142 valence electrons. The van der Waals surface area contributed by atoms with Crippen LogP contribution in [0.5, 0.6) is 0 Å². The molecule has 2 aromatic carbocycles. The van der Waals surface area contributed by atoms with Crippen LogP contribution in [0.3, 0.4) is 0 Å². The zero-order chi connectivity index (χ0) is 20.0. The van der Waals surface area contributed by atoms with E-state index >= 15 is 0 Å². The van der Waals surface area contributed by atoms with Crippen LogP contribution in [-0.4, -0.2) is 20.9 Å². The number of nitrogen functional groups attached to an aromatic ring is 1. The molecule has 4 aromatic rings. The van der Waals surface area contributed by atoms with Crippen molar-refractivity contribution in [2.75, 3.05) is 10.6 Å². The number of amides is 1. The van der Waals surface area contributed by atoms with E-state index in [9.17, 15) is 9.18 Å². The molecule has 29 heavy (non-hydrogen) atoms. The molecule has 0 saturated heterocycles. The van der Waals surface area contributed by atoms with Gasteiger partial charge in [-0.15, -0.1) is 0 Å². The summed E-state index contributed by atoms with van der Waals surface area (Å²) in [6.07, 6.45) is 6.13. The van der Waals surface area contributed by atoms with E-state index in [-0.39, 0.29) is 17.7 Å². The lowest BCUT2D eigenvalue weighted by Crippen LogP contribution is -2.31. The molecule has 3 heterocycles. The van der Waals surface area contributed by atoms with Crippen molar-refractivity contribution in [1.82, 2.24) is 15.0 Å². The van der Waals surface area contributed by atoms with Crippen LogP contribution >= 0.6 is 0 Å². The molecule has 1 aliphatic rings. The van der Waals surface area contributed by atoms with Crippen molar-refractivity contribution in [3.63, 3.8) is 0 Å². The molecule has 6 nitrogen and oxygen atoms in total. The summed E-state index contributed by atoms with van der Waals surface area (Å²) in [5.74, 6) is -0.164. The zero-order valence-corrected chi connectivity index (χ0v) is 15.3. The van der Waals surface area contributed by atoms with Crippen molar-refractivity contribution in [2.24, 2.45) is 0 Å². The summed E-state index contributed by atoms with van der Waals surface area (Å²) in [7, 11) is 0. The largest absolute Gasteiger partial charge is 0.368 e. The van der Waals surface area contributed by atoms with Crippen LogP contribution in [0, 0.1) is 5.82 Å². The Kier molecular flexibility index (Phi) is 3.94. The second-order valence-corrected chi connectivity index (χ2v) is 6.90. The molecule has 1 amide bonds. The average Bonchev–Trinajstić information content (AvgIpc) is 2.74. The Hall–Kier alpha value is -3.87. The van der Waals surface area contributed by atoms with Gasteiger partial charge >= 0.3 is 0 Å². The van der Waals surface area contributed by atoms with Gasteiger partial charge in [0.05, 0.1) is 11.2 Å². The molecule has 0 unspecified atom stereocenters. The Labute approximate surface area is 165 Å². The smallest absolute Gasteiger partial charge is 0.231 e. The van der Waals surface area contributed by atoms with Gasteiger partial charge in [-0.3, -0.25) is 14.7 Å². The summed E-state index contributed by atoms with van der Waals surface area (Å²) < 4.78 is 13.4. The number of aromatic nitrogens is 3. The number of hydrogen-bond acceptors (Lipinski definition) is 5. The van der Waals surface area contributed by atoms with Crippen LogP contribution in [0.4, 0.5) is 21.7 Å². The Morgan fingerprint density at radius 3 is 2.41 bits per heavy atom. The zero-order valence-electron chi connectivity index (χ0n) is 15.3. The molecule has 1 aliphatic heterocycles. The highest BCUT2D eigenvalue weighted by Crippen LogP contribution is 2.40. The normalized spacial score (nSPS) is 13.6. The summed E-state index contributed by atoms with van der Waals surface area (Å²) >= 11 is 0. The van der Waals surface area contributed by atoms with Crippen molar-refractivity contribution >= 4 is 34.1 Å². The first-order valence-corrected chi connectivity index (χ1v) is 9.18. The minimum absolute atomic E-state index is 0.0298. The highest BCUT2D eigenvalue weighted by atomic mass is 19.1. The fourth-order valence-corrected chi connectivity index (χ4v) is 3.67. The molecule has 0 bridgehead atoms. The molecule has 5 rings (SSSR count). The Balaban J connectivity index is 1.73. The Morgan fingerprint density at radius 1 is 0.897 bits per heavy atom. The maximum Gasteiger partial charge on any atom is 0.231 e. The number of hydrogen-bond donors (Lipinski definition) is 1. The summed E-state index contributed by atoms with van der Waals surface area (Å²) in [4.78, 5) is 27.2. The van der Waals surface area contributed by atoms with Gasteiger partial charge in [-0.05, 0) is 53.9 Å². The number of nitrogens with two attached hydrogens (primary N) is 1. The second kappa shape index (κ2) is 6.63. The summed E-state index contributed by atoms with van der Waals surface area (Å²) in [5.41, 5.74) is 10.5. The number of nitrogens with zero attached hydrogens (tertiary/aromatic N) is 4. The van der Waals surface area contributed by atoms with E-state index in [1.807, 2.05) is 24.4 Å². The predicted molar refractivity (Wildman–Crippen MR) is 109 cm³/mol. The van der Waals surface area contributed by atoms with Crippen LogP contribution in [0.25, 0.3) is 22.0 Å². The number of aryl methyl sites for hydroxylation is 1. The molecular formula is C22H16FN5O. The SMILES string of the molecule is Nc1ncc(-c2ccc3ncc4c(c3c2)N(c2ccc(F)cc2)C(=O)CC4)cn1. The van der Waals surface area contributed by atoms with Gasteiger partial charge in [0.25, 0.3) is 0 Å². The number of halogens is 1. The topological polar surface area (TPSA) is 85.0 Å². The maximum absolute atomic E-state index is 13.4. The molecule has 7 heteroatoms. The van der Waals surface area contributed by atoms with Crippen LogP contribution in [0.15, 0.2) is 61.1 Å². The van der Waals surface area contributed by atoms with E-state index in [0.717, 1.165) is 33.3 Å². The van der Waals surface area contributed by atoms with Crippen LogP contribution in [-0.2, 0) is 11.2 Å². The van der Waals surface area contributed by atoms with Crippen molar-refractivity contribution in [2.45, 2.75) is 12.8 Å². The number of fused-ring (bicyclic) bond motifs is 3. The van der Waals surface area contributed by atoms with E-state index in [1.165, 1.54) is 12.1 Å². The van der Waals surface area contributed by atoms with Gasteiger partial charge in [-0.2, -0.15) is 0 Å². The summed E-state index contributed by atoms with van der Waals surface area (Å²) in [6.45, 7) is 0. The van der Waals surface area contributed by atoms with E-state index in [0.29, 0.717) is 18.5 Å². The lowest BCUT2D eigenvalue weighted by Gasteiger charge is -2.30. The Bertz CT molecular complexity index is 1240. The van der Waals surface area contributed by atoms with Gasteiger partial charge in [0, 0.05) is 41.6 Å². The van der Waals surface area contributed by atoms with E-state index in [4.69, 9.17) is 5.73 Å². The molecule has 0 atom stereocenters. The number of benzene rings is 2. The lowest BCUT2D eigenvalue weighted by molar-refractivity contribution is -0.118. The average molecular weight is 385 g/mol. The third kappa shape index (κ3) is 2.97. The van der Waals surface area contributed by atoms with E-state index in [2.05, 4.69) is 15.0 Å². The number of carbonyl (C=O) groups excluding carboxylic acids is 1. The summed E-state index contributed by atoms with van der Waals surface area (Å²) in [6, 6.07) is 11.8. The van der Waals surface area contributed by atoms with Gasteiger partial charge in [0.15, 0.2) is 0 Å². The maximum atomic E-state index is 13.4. The Morgan fingerprint density at radius 2 is 1.66 bits per heavy atom. The second-order valence-electron chi connectivity index (χ2n) is 6.90. The van der Waals surface area contributed by atoms with Crippen molar-refractivity contribution in [3.05, 3.63) is 72.4 Å². The fourth-order valence-electron chi connectivity index (χ4n) is 3.67. The predicted octanol–water partition coefficient (Wildman–Crippen LogP) is 4.02. The molecule has 0 fully saturated rings. The molecule has 0 radical (unpaired) electrons. The number of pyridine rings is 1. The van der Waals surface area contributed by atoms with Gasteiger partial charge in [-0.25, -0.2) is 14.4 Å². The van der Waals surface area contributed by atoms with Crippen molar-refractivity contribution < 1.29 is 9.18 Å². The fraction of sp³-hybridized carbons (Fsp3) is 0.0909. The molecular weight excluding hydrogens is 369 g/mol. The molecule has 0 aliphatic carbocycles. The van der Waals surface area contributed by atoms with Crippen LogP contribution < -0.4 is 10.6 Å². The first-order chi connectivity index (χ1) is 14.1. The van der Waals surface area contributed by atoms with Crippen LogP contribution in [0.1, 0.15) is 12.0 Å². The quantitative estimate of drug-likeness (QED) is 0.563. The van der Waals surface area contributed by atoms with Gasteiger partial charge in [0.1, 0.15) is 5.82 Å². The van der Waals surface area contributed by atoms with Crippen molar-refractivity contribution in [3.8, 4) is 11.1 Å². The first kappa shape index (κ1) is 17.2. The standard InChI is InChI=1S/C22H16FN5O/c23-16-3-5-17(6-4-16)28-20(29)8-2-14-10-25-19-7-1-13(9-18(19)21(14)28)15-11-26-22(24)27-12-15/h1,3-7,9-12H,2,8H2,(H2,24,26,27). The number of carbonyl (C=O) groups is 1. The first-order valence-electron chi connectivity index (χ1n) is 9.18. The van der Waals surface area contributed by atoms with Crippen LogP contribution in [0.2, 0.25) is 0 Å². The molecule has 2 aromatic heterocycles. The monoisotopic (exact) mass is 385 g/mol. The molecule has 0 saturated carbocycles. The minimum Gasteiger partial charge on any atom is -0.368 e. The lowest BCUT2D eigenvalue weighted by atomic mass is 9.97. The third-order valence-electron chi connectivity index (χ3n) is 5.09.